The lowest BCUT2D eigenvalue weighted by atomic mass is 10.3. The number of aromatic amines is 1. The Bertz CT molecular complexity index is 554. The van der Waals surface area contributed by atoms with Crippen molar-refractivity contribution < 1.29 is 14.7 Å². The molecule has 0 fully saturated rings. The van der Waals surface area contributed by atoms with E-state index in [9.17, 15) is 9.90 Å². The number of H-pyrrole nitrogens is 1. The Hall–Kier alpha value is -2.31. The van der Waals surface area contributed by atoms with Gasteiger partial charge in [-0.15, -0.1) is 0 Å². The molecule has 0 saturated heterocycles. The van der Waals surface area contributed by atoms with Crippen molar-refractivity contribution in [3.8, 4) is 5.95 Å². The highest BCUT2D eigenvalue weighted by atomic mass is 16.5. The standard InChI is InChI=1S/C7H5N3O4/c11-6-4-3(1-10-13)14-7(12)5(4)8-2-9-6/h1-2,12-13H,(H,8,9,11)/b10-1-. The monoisotopic (exact) mass is 195 g/mol. The van der Waals surface area contributed by atoms with Crippen molar-refractivity contribution in [2.24, 2.45) is 5.16 Å². The van der Waals surface area contributed by atoms with Crippen molar-refractivity contribution in [1.82, 2.24) is 9.97 Å². The van der Waals surface area contributed by atoms with Gasteiger partial charge in [0.05, 0.1) is 6.33 Å². The van der Waals surface area contributed by atoms with Crippen LogP contribution in [0.3, 0.4) is 0 Å². The summed E-state index contributed by atoms with van der Waals surface area (Å²) in [5.74, 6) is -0.532. The molecule has 7 heteroatoms. The third kappa shape index (κ3) is 1.03. The highest BCUT2D eigenvalue weighted by Crippen LogP contribution is 2.24. The van der Waals surface area contributed by atoms with Gasteiger partial charge in [-0.3, -0.25) is 4.79 Å². The van der Waals surface area contributed by atoms with Gasteiger partial charge in [0.1, 0.15) is 11.6 Å². The van der Waals surface area contributed by atoms with Gasteiger partial charge in [0, 0.05) is 0 Å². The van der Waals surface area contributed by atoms with Gasteiger partial charge in [0.25, 0.3) is 5.56 Å². The molecule has 0 aliphatic rings. The smallest absolute Gasteiger partial charge is 0.310 e. The van der Waals surface area contributed by atoms with Crippen molar-refractivity contribution in [2.45, 2.75) is 0 Å². The third-order valence-electron chi connectivity index (χ3n) is 1.68. The second kappa shape index (κ2) is 2.87. The minimum atomic E-state index is -0.485. The molecule has 0 saturated carbocycles. The van der Waals surface area contributed by atoms with Crippen LogP contribution < -0.4 is 5.56 Å². The van der Waals surface area contributed by atoms with Crippen LogP contribution in [0.2, 0.25) is 0 Å². The van der Waals surface area contributed by atoms with E-state index in [1.165, 1.54) is 0 Å². The van der Waals surface area contributed by atoms with E-state index in [1.807, 2.05) is 0 Å². The fourth-order valence-corrected chi connectivity index (χ4v) is 1.14. The largest absolute Gasteiger partial charge is 0.479 e. The average molecular weight is 195 g/mol. The number of hydrogen-bond donors (Lipinski definition) is 3. The minimum Gasteiger partial charge on any atom is -0.479 e. The van der Waals surface area contributed by atoms with Crippen LogP contribution in [0.5, 0.6) is 5.95 Å². The molecule has 0 atom stereocenters. The Balaban J connectivity index is 2.93. The summed E-state index contributed by atoms with van der Waals surface area (Å²) in [6, 6.07) is 0. The fourth-order valence-electron chi connectivity index (χ4n) is 1.14. The van der Waals surface area contributed by atoms with Crippen molar-refractivity contribution in [2.75, 3.05) is 0 Å². The number of rotatable bonds is 1. The molecule has 0 amide bonds. The van der Waals surface area contributed by atoms with E-state index in [0.717, 1.165) is 12.5 Å². The first-order chi connectivity index (χ1) is 6.74. The van der Waals surface area contributed by atoms with Crippen LogP contribution in [0.15, 0.2) is 20.7 Å². The van der Waals surface area contributed by atoms with Gasteiger partial charge < -0.3 is 19.7 Å². The lowest BCUT2D eigenvalue weighted by Gasteiger charge is -1.85. The molecule has 3 N–H and O–H groups in total. The van der Waals surface area contributed by atoms with E-state index in [0.29, 0.717) is 0 Å². The number of nitrogens with one attached hydrogen (secondary N) is 1. The molecule has 72 valence electrons. The van der Waals surface area contributed by atoms with Gasteiger partial charge in [-0.25, -0.2) is 4.98 Å². The summed E-state index contributed by atoms with van der Waals surface area (Å²) in [4.78, 5) is 17.3. The lowest BCUT2D eigenvalue weighted by Crippen LogP contribution is -2.06. The third-order valence-corrected chi connectivity index (χ3v) is 1.68. The van der Waals surface area contributed by atoms with Crippen LogP contribution in [0.1, 0.15) is 5.76 Å². The first-order valence-corrected chi connectivity index (χ1v) is 3.60. The Labute approximate surface area is 76.3 Å². The van der Waals surface area contributed by atoms with Crippen LogP contribution >= 0.6 is 0 Å². The Morgan fingerprint density at radius 3 is 3.14 bits per heavy atom. The number of furan rings is 1. The second-order valence-electron chi connectivity index (χ2n) is 2.47. The summed E-state index contributed by atoms with van der Waals surface area (Å²) in [6.07, 6.45) is 2.04. The van der Waals surface area contributed by atoms with Gasteiger partial charge in [-0.2, -0.15) is 0 Å². The highest BCUT2D eigenvalue weighted by molar-refractivity contribution is 5.97. The topological polar surface area (TPSA) is 112 Å². The van der Waals surface area contributed by atoms with E-state index >= 15 is 0 Å². The zero-order valence-corrected chi connectivity index (χ0v) is 6.76. The molecule has 2 aromatic rings. The summed E-state index contributed by atoms with van der Waals surface area (Å²) >= 11 is 0. The molecule has 0 unspecified atom stereocenters. The summed E-state index contributed by atoms with van der Waals surface area (Å²) < 4.78 is 4.75. The summed E-state index contributed by atoms with van der Waals surface area (Å²) in [6.45, 7) is 0. The Morgan fingerprint density at radius 2 is 2.43 bits per heavy atom. The first kappa shape index (κ1) is 8.30. The average Bonchev–Trinajstić information content (AvgIpc) is 2.46. The van der Waals surface area contributed by atoms with Gasteiger partial charge in [0.2, 0.25) is 0 Å². The maximum Gasteiger partial charge on any atom is 0.310 e. The van der Waals surface area contributed by atoms with Crippen LogP contribution in [-0.4, -0.2) is 26.5 Å². The zero-order chi connectivity index (χ0) is 10.1. The molecular formula is C7H5N3O4. The summed E-state index contributed by atoms with van der Waals surface area (Å²) in [7, 11) is 0. The van der Waals surface area contributed by atoms with Crippen molar-refractivity contribution in [1.29, 1.82) is 0 Å². The highest BCUT2D eigenvalue weighted by Gasteiger charge is 2.15. The van der Waals surface area contributed by atoms with Crippen LogP contribution in [0.25, 0.3) is 10.9 Å². The second-order valence-corrected chi connectivity index (χ2v) is 2.47. The van der Waals surface area contributed by atoms with Crippen LogP contribution in [-0.2, 0) is 0 Å². The minimum absolute atomic E-state index is 0.0312. The predicted octanol–water partition coefficient (Wildman–Crippen LogP) is 0.0298. The molecule has 0 aliphatic heterocycles. The Kier molecular flexibility index (Phi) is 1.70. The van der Waals surface area contributed by atoms with Crippen molar-refractivity contribution in [3.05, 3.63) is 22.4 Å². The van der Waals surface area contributed by atoms with Crippen LogP contribution in [0.4, 0.5) is 0 Å². The molecule has 14 heavy (non-hydrogen) atoms. The summed E-state index contributed by atoms with van der Waals surface area (Å²) in [5.41, 5.74) is -0.447. The van der Waals surface area contributed by atoms with Gasteiger partial charge in [-0.05, 0) is 0 Å². The van der Waals surface area contributed by atoms with Gasteiger partial charge >= 0.3 is 5.95 Å². The first-order valence-electron chi connectivity index (χ1n) is 3.60. The number of nitrogens with zero attached hydrogens (tertiary/aromatic N) is 2. The number of hydrogen-bond acceptors (Lipinski definition) is 6. The fraction of sp³-hybridized carbons (Fsp3) is 0. The van der Waals surface area contributed by atoms with Crippen molar-refractivity contribution in [3.63, 3.8) is 0 Å². The van der Waals surface area contributed by atoms with E-state index in [2.05, 4.69) is 15.1 Å². The molecule has 0 spiro atoms. The molecule has 7 nitrogen and oxygen atoms in total. The molecular weight excluding hydrogens is 190 g/mol. The van der Waals surface area contributed by atoms with E-state index in [1.54, 1.807) is 0 Å². The lowest BCUT2D eigenvalue weighted by molar-refractivity contribution is 0.316. The number of aromatic hydroxyl groups is 1. The van der Waals surface area contributed by atoms with Crippen LogP contribution in [0, 0.1) is 0 Å². The number of fused-ring (bicyclic) bond motifs is 1. The van der Waals surface area contributed by atoms with Gasteiger partial charge in [-0.1, -0.05) is 5.16 Å². The normalized spacial score (nSPS) is 11.4. The maximum absolute atomic E-state index is 11.3. The number of aromatic nitrogens is 2. The number of oxime groups is 1. The predicted molar refractivity (Wildman–Crippen MR) is 45.7 cm³/mol. The molecule has 2 heterocycles. The van der Waals surface area contributed by atoms with Crippen molar-refractivity contribution >= 4 is 17.1 Å². The molecule has 0 bridgehead atoms. The Morgan fingerprint density at radius 1 is 1.64 bits per heavy atom. The molecule has 0 aromatic carbocycles. The summed E-state index contributed by atoms with van der Waals surface area (Å²) in [5, 5.41) is 20.2. The molecule has 0 aliphatic carbocycles. The van der Waals surface area contributed by atoms with E-state index < -0.39 is 11.5 Å². The molecule has 2 rings (SSSR count). The SMILES string of the molecule is O=c1[nH]cnc2c(O)oc(/C=N\O)c12. The maximum atomic E-state index is 11.3. The molecule has 2 aromatic heterocycles. The van der Waals surface area contributed by atoms with Gasteiger partial charge in [0.15, 0.2) is 11.3 Å². The van der Waals surface area contributed by atoms with E-state index in [-0.39, 0.29) is 16.7 Å². The quantitative estimate of drug-likeness (QED) is 0.337. The van der Waals surface area contributed by atoms with E-state index in [4.69, 9.17) is 9.62 Å². The zero-order valence-electron chi connectivity index (χ0n) is 6.76. The molecule has 0 radical (unpaired) electrons.